The standard InChI is InChI=1S/C19H23N5O2/c1-12-18-16(8-15(22-12)13-9-20-10-13)23-19-14(11-26-18)17(2-3-21-19)24-4-6-25-7-5-24/h2-3,8,13,20H,4-7,9-11H2,1H3,(H,21,23). The van der Waals surface area contributed by atoms with E-state index in [0.29, 0.717) is 12.5 Å². The minimum atomic E-state index is 0.483. The molecular weight excluding hydrogens is 330 g/mol. The van der Waals surface area contributed by atoms with Crippen molar-refractivity contribution in [2.24, 2.45) is 0 Å². The average Bonchev–Trinajstić information content (AvgIpc) is 2.80. The molecule has 136 valence electrons. The fraction of sp³-hybridized carbons (Fsp3) is 0.474. The molecule has 0 amide bonds. The Hall–Kier alpha value is -2.38. The molecule has 0 spiro atoms. The molecule has 0 bridgehead atoms. The molecule has 3 aliphatic heterocycles. The highest BCUT2D eigenvalue weighted by molar-refractivity contribution is 5.73. The molecule has 0 radical (unpaired) electrons. The molecule has 0 aliphatic carbocycles. The van der Waals surface area contributed by atoms with E-state index in [1.165, 1.54) is 5.69 Å². The van der Waals surface area contributed by atoms with Crippen LogP contribution >= 0.6 is 0 Å². The largest absolute Gasteiger partial charge is 0.485 e. The number of ether oxygens (including phenoxy) is 2. The van der Waals surface area contributed by atoms with Gasteiger partial charge in [-0.3, -0.25) is 4.98 Å². The highest BCUT2D eigenvalue weighted by Gasteiger charge is 2.26. The van der Waals surface area contributed by atoms with Gasteiger partial charge >= 0.3 is 0 Å². The Balaban J connectivity index is 1.52. The molecule has 2 fully saturated rings. The summed E-state index contributed by atoms with van der Waals surface area (Å²) >= 11 is 0. The van der Waals surface area contributed by atoms with E-state index in [9.17, 15) is 0 Å². The van der Waals surface area contributed by atoms with Crippen molar-refractivity contribution >= 4 is 17.2 Å². The quantitative estimate of drug-likeness (QED) is 0.855. The summed E-state index contributed by atoms with van der Waals surface area (Å²) in [5.74, 6) is 2.18. The maximum atomic E-state index is 6.19. The van der Waals surface area contributed by atoms with Crippen molar-refractivity contribution in [3.8, 4) is 5.75 Å². The Bertz CT molecular complexity index is 831. The molecule has 2 aromatic rings. The van der Waals surface area contributed by atoms with E-state index in [1.807, 2.05) is 13.1 Å². The minimum absolute atomic E-state index is 0.483. The third-order valence-electron chi connectivity index (χ3n) is 5.36. The van der Waals surface area contributed by atoms with Gasteiger partial charge in [0.15, 0.2) is 5.75 Å². The Labute approximate surface area is 152 Å². The van der Waals surface area contributed by atoms with Crippen molar-refractivity contribution in [3.63, 3.8) is 0 Å². The maximum Gasteiger partial charge on any atom is 0.164 e. The maximum absolute atomic E-state index is 6.19. The van der Waals surface area contributed by atoms with Gasteiger partial charge in [-0.15, -0.1) is 0 Å². The van der Waals surface area contributed by atoms with Crippen LogP contribution in [0.15, 0.2) is 18.3 Å². The van der Waals surface area contributed by atoms with Crippen LogP contribution in [-0.4, -0.2) is 49.4 Å². The molecule has 0 aromatic carbocycles. The number of anilines is 3. The lowest BCUT2D eigenvalue weighted by Crippen LogP contribution is -2.40. The van der Waals surface area contributed by atoms with Gasteiger partial charge in [-0.25, -0.2) is 4.98 Å². The lowest BCUT2D eigenvalue weighted by atomic mass is 9.98. The second-order valence-corrected chi connectivity index (χ2v) is 7.03. The number of aromatic nitrogens is 2. The van der Waals surface area contributed by atoms with E-state index >= 15 is 0 Å². The predicted octanol–water partition coefficient (Wildman–Crippen LogP) is 1.94. The normalized spacial score (nSPS) is 19.5. The fourth-order valence-electron chi connectivity index (χ4n) is 3.77. The Morgan fingerprint density at radius 1 is 1.23 bits per heavy atom. The number of fused-ring (bicyclic) bond motifs is 2. The van der Waals surface area contributed by atoms with Crippen molar-refractivity contribution in [1.82, 2.24) is 15.3 Å². The smallest absolute Gasteiger partial charge is 0.164 e. The van der Waals surface area contributed by atoms with Crippen LogP contribution < -0.4 is 20.3 Å². The van der Waals surface area contributed by atoms with Crippen molar-refractivity contribution < 1.29 is 9.47 Å². The van der Waals surface area contributed by atoms with Crippen LogP contribution in [0.2, 0.25) is 0 Å². The molecule has 2 N–H and O–H groups in total. The number of nitrogens with zero attached hydrogens (tertiary/aromatic N) is 3. The van der Waals surface area contributed by atoms with Crippen LogP contribution in [0.1, 0.15) is 22.9 Å². The van der Waals surface area contributed by atoms with E-state index in [4.69, 9.17) is 14.5 Å². The van der Waals surface area contributed by atoms with Crippen LogP contribution in [0.5, 0.6) is 5.75 Å². The second-order valence-electron chi connectivity index (χ2n) is 7.03. The van der Waals surface area contributed by atoms with E-state index < -0.39 is 0 Å². The molecule has 7 nitrogen and oxygen atoms in total. The Morgan fingerprint density at radius 3 is 2.85 bits per heavy atom. The van der Waals surface area contributed by atoms with E-state index in [1.54, 1.807) is 0 Å². The molecule has 0 atom stereocenters. The first-order valence-electron chi connectivity index (χ1n) is 9.22. The number of hydrogen-bond acceptors (Lipinski definition) is 7. The summed E-state index contributed by atoms with van der Waals surface area (Å²) in [6.45, 7) is 7.78. The number of rotatable bonds is 2. The first kappa shape index (κ1) is 15.8. The van der Waals surface area contributed by atoms with Gasteiger partial charge in [0, 0.05) is 49.7 Å². The summed E-state index contributed by atoms with van der Waals surface area (Å²) < 4.78 is 11.7. The number of pyridine rings is 2. The average molecular weight is 353 g/mol. The summed E-state index contributed by atoms with van der Waals surface area (Å²) in [4.78, 5) is 11.7. The second kappa shape index (κ2) is 6.41. The Kier molecular flexibility index (Phi) is 3.90. The molecule has 7 heteroatoms. The third kappa shape index (κ3) is 2.68. The molecule has 5 rings (SSSR count). The molecule has 2 saturated heterocycles. The van der Waals surface area contributed by atoms with Gasteiger partial charge in [0.25, 0.3) is 0 Å². The van der Waals surface area contributed by atoms with Gasteiger partial charge < -0.3 is 25.0 Å². The van der Waals surface area contributed by atoms with Gasteiger partial charge in [-0.1, -0.05) is 0 Å². The number of morpholine rings is 1. The highest BCUT2D eigenvalue weighted by atomic mass is 16.5. The summed E-state index contributed by atoms with van der Waals surface area (Å²) in [5.41, 5.74) is 5.27. The van der Waals surface area contributed by atoms with Gasteiger partial charge in [-0.2, -0.15) is 0 Å². The van der Waals surface area contributed by atoms with Crippen LogP contribution in [0, 0.1) is 6.92 Å². The molecule has 0 unspecified atom stereocenters. The van der Waals surface area contributed by atoms with Gasteiger partial charge in [0.05, 0.1) is 30.2 Å². The van der Waals surface area contributed by atoms with Gasteiger partial charge in [0.1, 0.15) is 12.4 Å². The van der Waals surface area contributed by atoms with Crippen LogP contribution in [0.4, 0.5) is 17.2 Å². The first-order valence-corrected chi connectivity index (χ1v) is 9.22. The molecule has 3 aliphatic rings. The number of hydrogen-bond donors (Lipinski definition) is 2. The Morgan fingerprint density at radius 2 is 2.08 bits per heavy atom. The van der Waals surface area contributed by atoms with Crippen molar-refractivity contribution in [2.75, 3.05) is 49.6 Å². The van der Waals surface area contributed by atoms with Gasteiger partial charge in [-0.05, 0) is 19.1 Å². The lowest BCUT2D eigenvalue weighted by molar-refractivity contribution is 0.122. The molecule has 26 heavy (non-hydrogen) atoms. The van der Waals surface area contributed by atoms with Crippen LogP contribution in [0.25, 0.3) is 0 Å². The topological polar surface area (TPSA) is 71.5 Å². The first-order chi connectivity index (χ1) is 12.8. The lowest BCUT2D eigenvalue weighted by Gasteiger charge is -2.30. The van der Waals surface area contributed by atoms with E-state index in [2.05, 4.69) is 32.7 Å². The molecule has 5 heterocycles. The summed E-state index contributed by atoms with van der Waals surface area (Å²) in [6, 6.07) is 4.19. The van der Waals surface area contributed by atoms with Crippen molar-refractivity contribution in [1.29, 1.82) is 0 Å². The minimum Gasteiger partial charge on any atom is -0.485 e. The van der Waals surface area contributed by atoms with Crippen molar-refractivity contribution in [3.05, 3.63) is 35.3 Å². The summed E-state index contributed by atoms with van der Waals surface area (Å²) in [5, 5.41) is 6.82. The summed E-state index contributed by atoms with van der Waals surface area (Å²) in [6.07, 6.45) is 1.87. The van der Waals surface area contributed by atoms with Crippen LogP contribution in [0.3, 0.4) is 0 Å². The SMILES string of the molecule is Cc1nc(C2CNC2)cc2c1OCc1c(N3CCOCC3)ccnc1N2. The van der Waals surface area contributed by atoms with E-state index in [-0.39, 0.29) is 0 Å². The zero-order valence-corrected chi connectivity index (χ0v) is 14.9. The van der Waals surface area contributed by atoms with Crippen molar-refractivity contribution in [2.45, 2.75) is 19.4 Å². The third-order valence-corrected chi connectivity index (χ3v) is 5.36. The van der Waals surface area contributed by atoms with E-state index in [0.717, 1.165) is 73.6 Å². The number of nitrogens with one attached hydrogen (secondary N) is 2. The molecule has 0 saturated carbocycles. The zero-order valence-electron chi connectivity index (χ0n) is 14.9. The monoisotopic (exact) mass is 353 g/mol. The molecular formula is C19H23N5O2. The number of aryl methyl sites for hydroxylation is 1. The molecule has 2 aromatic heterocycles. The summed E-state index contributed by atoms with van der Waals surface area (Å²) in [7, 11) is 0. The highest BCUT2D eigenvalue weighted by Crippen LogP contribution is 2.39. The zero-order chi connectivity index (χ0) is 17.5. The predicted molar refractivity (Wildman–Crippen MR) is 99.5 cm³/mol. The van der Waals surface area contributed by atoms with Crippen LogP contribution in [-0.2, 0) is 11.3 Å². The van der Waals surface area contributed by atoms with Gasteiger partial charge in [0.2, 0.25) is 0 Å². The fourth-order valence-corrected chi connectivity index (χ4v) is 3.77.